The molecule has 98 valence electrons. The Kier molecular flexibility index (Phi) is 3.70. The SMILES string of the molecule is COC1CCCC(=O)O[C@@H]1[C@H]1COC(C)(C)O1. The van der Waals surface area contributed by atoms with Crippen molar-refractivity contribution in [1.82, 2.24) is 0 Å². The Morgan fingerprint density at radius 1 is 1.41 bits per heavy atom. The zero-order valence-electron chi connectivity index (χ0n) is 10.6. The molecule has 2 heterocycles. The van der Waals surface area contributed by atoms with E-state index in [2.05, 4.69) is 0 Å². The highest BCUT2D eigenvalue weighted by Crippen LogP contribution is 2.30. The van der Waals surface area contributed by atoms with Crippen molar-refractivity contribution in [3.63, 3.8) is 0 Å². The van der Waals surface area contributed by atoms with E-state index in [1.165, 1.54) is 0 Å². The highest BCUT2D eigenvalue weighted by molar-refractivity contribution is 5.69. The Morgan fingerprint density at radius 2 is 2.18 bits per heavy atom. The number of carbonyl (C=O) groups excluding carboxylic acids is 1. The zero-order chi connectivity index (χ0) is 12.5. The Morgan fingerprint density at radius 3 is 2.76 bits per heavy atom. The van der Waals surface area contributed by atoms with Gasteiger partial charge in [-0.15, -0.1) is 0 Å². The fourth-order valence-corrected chi connectivity index (χ4v) is 2.34. The molecule has 0 aromatic rings. The molecule has 2 fully saturated rings. The molecule has 0 aromatic carbocycles. The molecule has 0 radical (unpaired) electrons. The average molecular weight is 244 g/mol. The van der Waals surface area contributed by atoms with Gasteiger partial charge in [-0.05, 0) is 26.7 Å². The van der Waals surface area contributed by atoms with Crippen LogP contribution in [0.25, 0.3) is 0 Å². The molecule has 2 aliphatic heterocycles. The second-order valence-corrected chi connectivity index (χ2v) is 4.99. The lowest BCUT2D eigenvalue weighted by Crippen LogP contribution is -2.42. The van der Waals surface area contributed by atoms with Gasteiger partial charge in [-0.2, -0.15) is 0 Å². The number of carbonyl (C=O) groups is 1. The first-order chi connectivity index (χ1) is 8.02. The maximum atomic E-state index is 11.5. The first kappa shape index (κ1) is 12.8. The van der Waals surface area contributed by atoms with Crippen molar-refractivity contribution in [2.24, 2.45) is 0 Å². The van der Waals surface area contributed by atoms with Crippen molar-refractivity contribution in [3.05, 3.63) is 0 Å². The van der Waals surface area contributed by atoms with Crippen LogP contribution in [0.5, 0.6) is 0 Å². The Hall–Kier alpha value is -0.650. The van der Waals surface area contributed by atoms with E-state index in [0.29, 0.717) is 13.0 Å². The second-order valence-electron chi connectivity index (χ2n) is 4.99. The van der Waals surface area contributed by atoms with E-state index in [1.54, 1.807) is 7.11 Å². The number of rotatable bonds is 2. The molecule has 0 aromatic heterocycles. The molecule has 17 heavy (non-hydrogen) atoms. The number of hydrogen-bond donors (Lipinski definition) is 0. The van der Waals surface area contributed by atoms with Crippen LogP contribution in [0.4, 0.5) is 0 Å². The molecule has 0 bridgehead atoms. The molecule has 0 amide bonds. The summed E-state index contributed by atoms with van der Waals surface area (Å²) in [6.07, 6.45) is 1.35. The van der Waals surface area contributed by atoms with E-state index in [9.17, 15) is 4.79 Å². The molecular weight excluding hydrogens is 224 g/mol. The minimum Gasteiger partial charge on any atom is -0.457 e. The standard InChI is InChI=1S/C12H20O5/c1-12(2)15-7-9(17-12)11-8(14-3)5-4-6-10(13)16-11/h8-9,11H,4-7H2,1-3H3/t8?,9-,11+/m1/s1. The summed E-state index contributed by atoms with van der Waals surface area (Å²) in [5.74, 6) is -0.787. The highest BCUT2D eigenvalue weighted by atomic mass is 16.8. The van der Waals surface area contributed by atoms with E-state index in [4.69, 9.17) is 18.9 Å². The van der Waals surface area contributed by atoms with Crippen molar-refractivity contribution in [2.45, 2.75) is 57.2 Å². The number of esters is 1. The van der Waals surface area contributed by atoms with Crippen LogP contribution < -0.4 is 0 Å². The Balaban J connectivity index is 2.07. The molecule has 0 N–H and O–H groups in total. The van der Waals surface area contributed by atoms with E-state index in [1.807, 2.05) is 13.8 Å². The van der Waals surface area contributed by atoms with Crippen LogP contribution in [-0.2, 0) is 23.7 Å². The summed E-state index contributed by atoms with van der Waals surface area (Å²) >= 11 is 0. The molecule has 2 saturated heterocycles. The number of methoxy groups -OCH3 is 1. The highest BCUT2D eigenvalue weighted by Gasteiger charge is 2.43. The third-order valence-electron chi connectivity index (χ3n) is 3.20. The van der Waals surface area contributed by atoms with Crippen LogP contribution in [0.1, 0.15) is 33.1 Å². The zero-order valence-corrected chi connectivity index (χ0v) is 10.6. The lowest BCUT2D eigenvalue weighted by atomic mass is 10.0. The second kappa shape index (κ2) is 4.92. The molecule has 2 aliphatic rings. The fourth-order valence-electron chi connectivity index (χ4n) is 2.34. The van der Waals surface area contributed by atoms with Gasteiger partial charge in [-0.25, -0.2) is 0 Å². The summed E-state index contributed by atoms with van der Waals surface area (Å²) in [6.45, 7) is 4.14. The van der Waals surface area contributed by atoms with E-state index in [-0.39, 0.29) is 24.3 Å². The average Bonchev–Trinajstić information content (AvgIpc) is 2.51. The first-order valence-electron chi connectivity index (χ1n) is 6.06. The van der Waals surface area contributed by atoms with Crippen molar-refractivity contribution in [3.8, 4) is 0 Å². The molecule has 5 nitrogen and oxygen atoms in total. The van der Waals surface area contributed by atoms with Crippen LogP contribution in [-0.4, -0.2) is 43.8 Å². The third kappa shape index (κ3) is 2.97. The third-order valence-corrected chi connectivity index (χ3v) is 3.20. The smallest absolute Gasteiger partial charge is 0.306 e. The van der Waals surface area contributed by atoms with Gasteiger partial charge in [0.25, 0.3) is 0 Å². The van der Waals surface area contributed by atoms with Crippen LogP contribution in [0.15, 0.2) is 0 Å². The van der Waals surface area contributed by atoms with Gasteiger partial charge in [0.05, 0.1) is 12.7 Å². The molecular formula is C12H20O5. The summed E-state index contributed by atoms with van der Waals surface area (Å²) in [5.41, 5.74) is 0. The summed E-state index contributed by atoms with van der Waals surface area (Å²) in [7, 11) is 1.64. The summed E-state index contributed by atoms with van der Waals surface area (Å²) < 4.78 is 22.1. The Labute approximate surface area is 101 Å². The predicted molar refractivity (Wildman–Crippen MR) is 59.4 cm³/mol. The van der Waals surface area contributed by atoms with Gasteiger partial charge >= 0.3 is 5.97 Å². The van der Waals surface area contributed by atoms with E-state index < -0.39 is 5.79 Å². The summed E-state index contributed by atoms with van der Waals surface area (Å²) in [5, 5.41) is 0. The minimum atomic E-state index is -0.609. The Bertz CT molecular complexity index is 289. The minimum absolute atomic E-state index is 0.107. The molecule has 5 heteroatoms. The van der Waals surface area contributed by atoms with Gasteiger partial charge in [0.2, 0.25) is 0 Å². The largest absolute Gasteiger partial charge is 0.457 e. The van der Waals surface area contributed by atoms with Crippen LogP contribution >= 0.6 is 0 Å². The molecule has 3 atom stereocenters. The van der Waals surface area contributed by atoms with E-state index in [0.717, 1.165) is 12.8 Å². The first-order valence-corrected chi connectivity index (χ1v) is 6.06. The molecule has 0 aliphatic carbocycles. The maximum absolute atomic E-state index is 11.5. The summed E-state index contributed by atoms with van der Waals surface area (Å²) in [6, 6.07) is 0. The monoisotopic (exact) mass is 244 g/mol. The van der Waals surface area contributed by atoms with E-state index >= 15 is 0 Å². The molecule has 1 unspecified atom stereocenters. The maximum Gasteiger partial charge on any atom is 0.306 e. The topological polar surface area (TPSA) is 54.0 Å². The van der Waals surface area contributed by atoms with Crippen LogP contribution in [0, 0.1) is 0 Å². The lowest BCUT2D eigenvalue weighted by Gasteiger charge is -2.28. The molecule has 2 rings (SSSR count). The number of cyclic esters (lactones) is 1. The van der Waals surface area contributed by atoms with Crippen molar-refractivity contribution in [2.75, 3.05) is 13.7 Å². The van der Waals surface area contributed by atoms with Crippen molar-refractivity contribution < 1.29 is 23.7 Å². The number of hydrogen-bond acceptors (Lipinski definition) is 5. The van der Waals surface area contributed by atoms with Gasteiger partial charge in [0.15, 0.2) is 11.9 Å². The van der Waals surface area contributed by atoms with Crippen molar-refractivity contribution >= 4 is 5.97 Å². The predicted octanol–water partition coefficient (Wildman–Crippen LogP) is 1.25. The quantitative estimate of drug-likeness (QED) is 0.684. The number of ether oxygens (including phenoxy) is 4. The van der Waals surface area contributed by atoms with Gasteiger partial charge in [-0.3, -0.25) is 4.79 Å². The van der Waals surface area contributed by atoms with Gasteiger partial charge in [0.1, 0.15) is 6.10 Å². The van der Waals surface area contributed by atoms with Gasteiger partial charge < -0.3 is 18.9 Å². The van der Waals surface area contributed by atoms with Crippen LogP contribution in [0.2, 0.25) is 0 Å². The fraction of sp³-hybridized carbons (Fsp3) is 0.917. The van der Waals surface area contributed by atoms with Gasteiger partial charge in [-0.1, -0.05) is 0 Å². The normalized spacial score (nSPS) is 37.6. The lowest BCUT2D eigenvalue weighted by molar-refractivity contribution is -0.181. The molecule has 0 spiro atoms. The molecule has 0 saturated carbocycles. The van der Waals surface area contributed by atoms with Crippen molar-refractivity contribution in [1.29, 1.82) is 0 Å². The van der Waals surface area contributed by atoms with Gasteiger partial charge in [0, 0.05) is 13.5 Å². The van der Waals surface area contributed by atoms with Crippen LogP contribution in [0.3, 0.4) is 0 Å². The summed E-state index contributed by atoms with van der Waals surface area (Å²) in [4.78, 5) is 11.5.